The van der Waals surface area contributed by atoms with E-state index in [1.165, 1.54) is 156 Å². The Kier molecular flexibility index (Phi) is 39.1. The molecule has 5 atom stereocenters. The molecule has 0 bridgehead atoms. The number of aromatic amines is 1. The minimum Gasteiger partial charge on any atom is -0.477 e. The summed E-state index contributed by atoms with van der Waals surface area (Å²) in [5.74, 6) is -4.20. The third kappa shape index (κ3) is 29.6. The Morgan fingerprint density at radius 3 is 1.41 bits per heavy atom. The highest BCUT2D eigenvalue weighted by Crippen LogP contribution is 2.38. The van der Waals surface area contributed by atoms with Gasteiger partial charge in [-0.1, -0.05) is 176 Å². The normalized spacial score (nSPS) is 14.5. The summed E-state index contributed by atoms with van der Waals surface area (Å²) >= 11 is 12.4. The van der Waals surface area contributed by atoms with Gasteiger partial charge in [-0.05, 0) is 195 Å². The monoisotopic (exact) mass is 2010 g/mol. The number of H-pyrrole nitrogens is 1. The Hall–Kier alpha value is -11.3. The van der Waals surface area contributed by atoms with Crippen molar-refractivity contribution in [2.24, 2.45) is 0 Å². The quantitative estimate of drug-likeness (QED) is 0.0138. The molecule has 127 heavy (non-hydrogen) atoms. The van der Waals surface area contributed by atoms with Gasteiger partial charge >= 0.3 is 11.9 Å². The van der Waals surface area contributed by atoms with Gasteiger partial charge < -0.3 is 44.0 Å². The number of amides is 2. The number of hydrogen-bond donors (Lipinski definition) is 4. The van der Waals surface area contributed by atoms with Crippen LogP contribution in [-0.4, -0.2) is 128 Å². The number of pyridine rings is 4. The lowest BCUT2D eigenvalue weighted by atomic mass is 10.0. The molecule has 21 nitrogen and oxygen atoms in total. The molecule has 8 aromatic carbocycles. The number of aliphatic hydroxyl groups excluding tert-OH is 2. The number of carbonyl (C=O) groups excluding carboxylic acids is 4. The van der Waals surface area contributed by atoms with Crippen molar-refractivity contribution >= 4 is 98.0 Å². The zero-order chi connectivity index (χ0) is 92.7. The number of methoxy groups -OCH3 is 1. The van der Waals surface area contributed by atoms with Gasteiger partial charge in [0, 0.05) is 96.1 Å². The van der Waals surface area contributed by atoms with Crippen LogP contribution in [0.5, 0.6) is 0 Å². The summed E-state index contributed by atoms with van der Waals surface area (Å²) in [5.41, 5.74) is 5.98. The van der Waals surface area contributed by atoms with E-state index < -0.39 is 49.8 Å². The number of carboxylic acids is 1. The lowest BCUT2D eigenvalue weighted by Gasteiger charge is -2.36. The standard InChI is InChI=1S/C21H16BrFN2O2.C21H17FN2O2.C15H24BrFOSi.C15H14FNO4.C9H9FO2.C8H7FO.C6H5NO3.Br2/c22-17-10-11-18-21(27)24(12-14-4-2-1-3-5-14)13-19(25(18)20(17)26)15-6-8-16(23)9-7-15;22-17-11-9-16(10-12-17)19-14-23(13-15-5-2-1-3-6-15)21(26)18-7-4-8-20(25)24(18)19;1-15(2,3)19(4,5)18-11-10-14(16)12-6-8-13(17)9-7-12;1-21-15(20)12-3-2-4-14(19)17(12)13(9-18)10-5-7-11(16)8-6-10;10-8-3-1-7(2-4-8)9(12)5-6-11;9-7-3-1-6(2-4-7)8-5-10-8;8-5-3-1-2-4(7-5)6(9)10;1-2/h1-11,19H,12-13H2;1-12,19H,13-14H2;6-9,14H,10-11H2,1-5H3;2-8,13,18H,9H2,1H3;1-4,11H,5-6H2;1-4,8H,5H2;1-3H,(H,7,8)(H,9,10);. The number of hydrogen-bond acceptors (Lipinski definition) is 14. The number of Topliss-reactive ketones (excluding diaryl/α,β-unsaturated/α-hetero) is 1. The van der Waals surface area contributed by atoms with Crippen LogP contribution in [0.2, 0.25) is 18.1 Å². The number of carbonyl (C=O) groups is 5. The molecule has 1 saturated heterocycles. The zero-order valence-corrected chi connectivity index (χ0v) is 77.0. The summed E-state index contributed by atoms with van der Waals surface area (Å²) in [6.45, 7) is 13.8. The Bertz CT molecular complexity index is 5860. The van der Waals surface area contributed by atoms with Crippen LogP contribution in [0.4, 0.5) is 26.3 Å². The highest BCUT2D eigenvalue weighted by atomic mass is 80.9. The summed E-state index contributed by atoms with van der Waals surface area (Å²) in [4.78, 5) is 113. The number of ether oxygens (including phenoxy) is 2. The summed E-state index contributed by atoms with van der Waals surface area (Å²) in [6, 6.07) is 69.8. The molecule has 1 fully saturated rings. The van der Waals surface area contributed by atoms with Crippen LogP contribution in [0.15, 0.2) is 297 Å². The average Bonchev–Trinajstić information content (AvgIpc) is 0.797. The van der Waals surface area contributed by atoms with E-state index in [1.807, 2.05) is 72.8 Å². The van der Waals surface area contributed by atoms with Crippen LogP contribution in [0.25, 0.3) is 0 Å². The predicted octanol–water partition coefficient (Wildman–Crippen LogP) is 19.3. The first-order valence-corrected chi connectivity index (χ1v) is 47.9. The number of esters is 1. The number of nitrogens with one attached hydrogen (secondary N) is 1. The minimum atomic E-state index is -1.66. The third-order valence-corrected chi connectivity index (χ3v) is 26.6. The number of benzene rings is 8. The Morgan fingerprint density at radius 2 is 0.969 bits per heavy atom. The van der Waals surface area contributed by atoms with Gasteiger partial charge in [-0.3, -0.25) is 47.3 Å². The van der Waals surface area contributed by atoms with E-state index in [0.29, 0.717) is 53.2 Å². The summed E-state index contributed by atoms with van der Waals surface area (Å²) in [7, 11) is -0.458. The lowest BCUT2D eigenvalue weighted by molar-refractivity contribution is 0.0580. The predicted molar refractivity (Wildman–Crippen MR) is 489 cm³/mol. The summed E-state index contributed by atoms with van der Waals surface area (Å²) < 4.78 is 97.6. The fourth-order valence-electron chi connectivity index (χ4n) is 12.8. The van der Waals surface area contributed by atoms with Gasteiger partial charge in [0.25, 0.3) is 28.5 Å². The highest BCUT2D eigenvalue weighted by Gasteiger charge is 2.38. The van der Waals surface area contributed by atoms with E-state index in [1.54, 1.807) is 70.5 Å². The molecule has 32 heteroatoms. The first-order chi connectivity index (χ1) is 60.7. The second kappa shape index (κ2) is 49.1. The van der Waals surface area contributed by atoms with Gasteiger partial charge in [0.15, 0.2) is 14.1 Å². The van der Waals surface area contributed by atoms with Crippen molar-refractivity contribution in [2.45, 2.75) is 93.9 Å². The number of carboxylic acid groups (broad SMARTS) is 1. The van der Waals surface area contributed by atoms with Crippen LogP contribution in [-0.2, 0) is 27.0 Å². The molecule has 0 spiro atoms. The number of halogens is 10. The van der Waals surface area contributed by atoms with Crippen molar-refractivity contribution in [3.05, 3.63) is 421 Å². The van der Waals surface area contributed by atoms with E-state index in [9.17, 15) is 74.6 Å². The van der Waals surface area contributed by atoms with Gasteiger partial charge in [-0.25, -0.2) is 35.9 Å². The molecule has 0 radical (unpaired) electrons. The van der Waals surface area contributed by atoms with Crippen LogP contribution in [0, 0.1) is 34.9 Å². The molecule has 5 unspecified atom stereocenters. The molecule has 666 valence electrons. The third-order valence-electron chi connectivity index (χ3n) is 20.5. The fraction of sp³-hybridized carbons (Fsp3) is 0.232. The molecule has 7 heterocycles. The first kappa shape index (κ1) is 101. The van der Waals surface area contributed by atoms with E-state index in [0.717, 1.165) is 57.6 Å². The maximum absolute atomic E-state index is 13.4. The van der Waals surface area contributed by atoms with E-state index >= 15 is 0 Å². The smallest absolute Gasteiger partial charge is 0.354 e. The molecule has 4 N–H and O–H groups in total. The average molecular weight is 2020 g/mol. The number of aliphatic hydroxyl groups is 2. The molecule has 12 aromatic rings. The number of rotatable bonds is 20. The molecule has 0 saturated carbocycles. The second-order valence-corrected chi connectivity index (χ2v) is 36.9. The van der Waals surface area contributed by atoms with Gasteiger partial charge in [0.2, 0.25) is 5.56 Å². The molecule has 4 aromatic heterocycles. The molecule has 0 aliphatic carbocycles. The van der Waals surface area contributed by atoms with E-state index in [4.69, 9.17) is 19.4 Å². The van der Waals surface area contributed by atoms with E-state index in [-0.39, 0.29) is 110 Å². The molecule has 2 amide bonds. The van der Waals surface area contributed by atoms with Crippen LogP contribution in [0.3, 0.4) is 0 Å². The molecular formula is C95H92Br4F6N6O15Si. The van der Waals surface area contributed by atoms with Crippen molar-refractivity contribution in [3.8, 4) is 0 Å². The largest absolute Gasteiger partial charge is 0.477 e. The fourth-order valence-corrected chi connectivity index (χ4v) is 14.7. The minimum absolute atomic E-state index is 0.0216. The number of nitrogens with zero attached hydrogens (tertiary/aromatic N) is 5. The number of epoxide rings is 1. The number of alkyl halides is 1. The number of ketones is 1. The second-order valence-electron chi connectivity index (χ2n) is 30.1. The van der Waals surface area contributed by atoms with Crippen molar-refractivity contribution < 1.29 is 79.5 Å². The summed E-state index contributed by atoms with van der Waals surface area (Å²) in [5, 5.41) is 26.6. The van der Waals surface area contributed by atoms with Crippen LogP contribution < -0.4 is 22.2 Å². The topological polar surface area (TPSA) is 282 Å². The van der Waals surface area contributed by atoms with Gasteiger partial charge in [-0.15, -0.1) is 0 Å². The molecule has 3 aliphatic heterocycles. The SMILES string of the molecule is BrBr.CC(C)(C)[Si](C)(C)OCCC(Br)c1ccc(F)cc1.COC(=O)c1cccc(=O)n1C(CO)c1ccc(F)cc1.Fc1ccc(C2CO2)cc1.O=C(CCO)c1ccc(F)cc1.O=C(O)c1cccc(=O)[nH]1.O=C1c2ccc(Br)c(=O)n2C(c2ccc(F)cc2)CN1Cc1ccccc1.O=C1c2cccc(=O)n2C(c2ccc(F)cc2)CN1Cc1ccccc1. The Labute approximate surface area is 762 Å². The molecule has 3 aliphatic rings. The van der Waals surface area contributed by atoms with Gasteiger partial charge in [0.1, 0.15) is 63.8 Å². The molecular weight excluding hydrogens is 1930 g/mol. The highest BCUT2D eigenvalue weighted by molar-refractivity contribution is 9.93. The number of fused-ring (bicyclic) bond motifs is 2. The maximum atomic E-state index is 13.4. The lowest BCUT2D eigenvalue weighted by Crippen LogP contribution is -2.47. The van der Waals surface area contributed by atoms with Crippen LogP contribution >= 0.6 is 60.1 Å². The van der Waals surface area contributed by atoms with Crippen molar-refractivity contribution in [1.29, 1.82) is 0 Å². The molecule has 15 rings (SSSR count). The van der Waals surface area contributed by atoms with Crippen molar-refractivity contribution in [2.75, 3.05) is 46.6 Å². The van der Waals surface area contributed by atoms with Gasteiger partial charge in [-0.2, -0.15) is 0 Å². The first-order valence-electron chi connectivity index (χ1n) is 39.5. The Morgan fingerprint density at radius 1 is 0.535 bits per heavy atom. The van der Waals surface area contributed by atoms with Crippen molar-refractivity contribution in [1.82, 2.24) is 28.5 Å². The van der Waals surface area contributed by atoms with Gasteiger partial charge in [0.05, 0.1) is 49.5 Å². The van der Waals surface area contributed by atoms with E-state index in [2.05, 4.69) is 104 Å². The zero-order valence-electron chi connectivity index (χ0n) is 69.7. The maximum Gasteiger partial charge on any atom is 0.354 e. The number of aromatic carboxylic acids is 1. The van der Waals surface area contributed by atoms with Crippen molar-refractivity contribution in [3.63, 3.8) is 0 Å². The summed E-state index contributed by atoms with van der Waals surface area (Å²) in [6.07, 6.45) is 1.23. The Balaban J connectivity index is 0.000000188. The van der Waals surface area contributed by atoms with Crippen LogP contribution in [0.1, 0.15) is 154 Å². The number of aromatic nitrogens is 4.